The Kier molecular flexibility index (Phi) is 8.52. The van der Waals surface area contributed by atoms with E-state index in [0.29, 0.717) is 38.5 Å². The Hall–Kier alpha value is -1.89. The van der Waals surface area contributed by atoms with Gasteiger partial charge in [-0.15, -0.1) is 0 Å². The Bertz CT molecular complexity index is 874. The summed E-state index contributed by atoms with van der Waals surface area (Å²) in [6.45, 7) is 13.0. The van der Waals surface area contributed by atoms with E-state index in [0.717, 1.165) is 35.9 Å². The van der Waals surface area contributed by atoms with E-state index in [1.807, 2.05) is 31.2 Å². The van der Waals surface area contributed by atoms with Crippen molar-refractivity contribution >= 4 is 17.5 Å². The Balaban J connectivity index is 1.61. The lowest BCUT2D eigenvalue weighted by atomic mass is 10.0. The standard InChI is InChI=1S/C24H35ClN4O2/c1-17(2)16-29-19(4)20(18(3)27-29)9-10-24(30)26-15-23(28-11-13-31-14-12-28)21-7-5-6-8-22(21)25/h5-8,17,23H,9-16H2,1-4H3,(H,26,30). The molecule has 1 aliphatic heterocycles. The van der Waals surface area contributed by atoms with Gasteiger partial charge in [0.2, 0.25) is 5.91 Å². The average Bonchev–Trinajstić information content (AvgIpc) is 3.00. The molecule has 170 valence electrons. The summed E-state index contributed by atoms with van der Waals surface area (Å²) in [4.78, 5) is 15.1. The molecule has 2 heterocycles. The van der Waals surface area contributed by atoms with Gasteiger partial charge in [-0.2, -0.15) is 5.10 Å². The zero-order valence-electron chi connectivity index (χ0n) is 19.2. The highest BCUT2D eigenvalue weighted by molar-refractivity contribution is 6.31. The molecule has 0 saturated carbocycles. The van der Waals surface area contributed by atoms with Crippen LogP contribution in [0.3, 0.4) is 0 Å². The van der Waals surface area contributed by atoms with Crippen LogP contribution >= 0.6 is 11.6 Å². The molecule has 1 aromatic carbocycles. The number of carbonyl (C=O) groups excluding carboxylic acids is 1. The number of rotatable bonds is 9. The first-order valence-electron chi connectivity index (χ1n) is 11.2. The molecule has 0 spiro atoms. The molecule has 0 bridgehead atoms. The van der Waals surface area contributed by atoms with Crippen LogP contribution < -0.4 is 5.32 Å². The van der Waals surface area contributed by atoms with E-state index in [1.54, 1.807) is 0 Å². The van der Waals surface area contributed by atoms with Crippen LogP contribution in [-0.2, 0) is 22.5 Å². The van der Waals surface area contributed by atoms with E-state index in [1.165, 1.54) is 11.3 Å². The lowest BCUT2D eigenvalue weighted by Gasteiger charge is -2.35. The number of nitrogens with zero attached hydrogens (tertiary/aromatic N) is 3. The van der Waals surface area contributed by atoms with Crippen molar-refractivity contribution in [2.45, 2.75) is 53.1 Å². The molecule has 0 radical (unpaired) electrons. The smallest absolute Gasteiger partial charge is 0.220 e. The number of hydrogen-bond acceptors (Lipinski definition) is 4. The molecular formula is C24H35ClN4O2. The predicted octanol–water partition coefficient (Wildman–Crippen LogP) is 3.93. The number of morpholine rings is 1. The number of aryl methyl sites for hydroxylation is 1. The van der Waals surface area contributed by atoms with Crippen molar-refractivity contribution < 1.29 is 9.53 Å². The molecule has 7 heteroatoms. The van der Waals surface area contributed by atoms with Gasteiger partial charge in [0.05, 0.1) is 24.9 Å². The van der Waals surface area contributed by atoms with Gasteiger partial charge in [0.15, 0.2) is 0 Å². The third-order valence-corrected chi connectivity index (χ3v) is 6.26. The van der Waals surface area contributed by atoms with Gasteiger partial charge in [0, 0.05) is 43.3 Å². The molecule has 3 rings (SSSR count). The summed E-state index contributed by atoms with van der Waals surface area (Å²) in [7, 11) is 0. The van der Waals surface area contributed by atoms with Crippen molar-refractivity contribution in [1.82, 2.24) is 20.0 Å². The van der Waals surface area contributed by atoms with Crippen molar-refractivity contribution in [3.8, 4) is 0 Å². The van der Waals surface area contributed by atoms with Gasteiger partial charge in [0.25, 0.3) is 0 Å². The van der Waals surface area contributed by atoms with Crippen LogP contribution in [-0.4, -0.2) is 53.4 Å². The van der Waals surface area contributed by atoms with Gasteiger partial charge >= 0.3 is 0 Å². The number of halogens is 1. The maximum atomic E-state index is 12.7. The summed E-state index contributed by atoms with van der Waals surface area (Å²) in [5.74, 6) is 0.594. The van der Waals surface area contributed by atoms with Crippen molar-refractivity contribution in [2.24, 2.45) is 5.92 Å². The third kappa shape index (κ3) is 6.31. The van der Waals surface area contributed by atoms with Gasteiger partial charge < -0.3 is 10.1 Å². The Labute approximate surface area is 190 Å². The molecule has 1 saturated heterocycles. The zero-order chi connectivity index (χ0) is 22.4. The summed E-state index contributed by atoms with van der Waals surface area (Å²) in [5, 5.41) is 8.54. The summed E-state index contributed by atoms with van der Waals surface area (Å²) in [6.07, 6.45) is 1.16. The van der Waals surface area contributed by atoms with Crippen molar-refractivity contribution in [3.05, 3.63) is 51.8 Å². The van der Waals surface area contributed by atoms with Gasteiger partial charge in [0.1, 0.15) is 0 Å². The van der Waals surface area contributed by atoms with Gasteiger partial charge in [-0.25, -0.2) is 0 Å². The van der Waals surface area contributed by atoms with Crippen LogP contribution in [0.1, 0.15) is 48.8 Å². The van der Waals surface area contributed by atoms with E-state index < -0.39 is 0 Å². The summed E-state index contributed by atoms with van der Waals surface area (Å²) < 4.78 is 7.58. The molecule has 2 aromatic rings. The third-order valence-electron chi connectivity index (χ3n) is 5.91. The first kappa shape index (κ1) is 23.8. The van der Waals surface area contributed by atoms with Crippen LogP contribution in [0.5, 0.6) is 0 Å². The molecule has 1 atom stereocenters. The van der Waals surface area contributed by atoms with E-state index >= 15 is 0 Å². The second-order valence-corrected chi connectivity index (χ2v) is 9.12. The highest BCUT2D eigenvalue weighted by Crippen LogP contribution is 2.28. The van der Waals surface area contributed by atoms with E-state index in [2.05, 4.69) is 40.8 Å². The Morgan fingerprint density at radius 1 is 1.23 bits per heavy atom. The van der Waals surface area contributed by atoms with Crippen LogP contribution in [0.2, 0.25) is 5.02 Å². The fraction of sp³-hybridized carbons (Fsp3) is 0.583. The van der Waals surface area contributed by atoms with Crippen molar-refractivity contribution in [2.75, 3.05) is 32.8 Å². The van der Waals surface area contributed by atoms with E-state index in [9.17, 15) is 4.79 Å². The minimum absolute atomic E-state index is 0.0406. The average molecular weight is 447 g/mol. The molecule has 1 aliphatic rings. The van der Waals surface area contributed by atoms with Crippen LogP contribution in [0, 0.1) is 19.8 Å². The molecular weight excluding hydrogens is 412 g/mol. The highest BCUT2D eigenvalue weighted by atomic mass is 35.5. The minimum atomic E-state index is 0.0406. The van der Waals surface area contributed by atoms with Crippen LogP contribution in [0.25, 0.3) is 0 Å². The number of ether oxygens (including phenoxy) is 1. The van der Waals surface area contributed by atoms with Crippen molar-refractivity contribution in [3.63, 3.8) is 0 Å². The Morgan fingerprint density at radius 3 is 2.61 bits per heavy atom. The van der Waals surface area contributed by atoms with E-state index in [-0.39, 0.29) is 11.9 Å². The van der Waals surface area contributed by atoms with Crippen LogP contribution in [0.15, 0.2) is 24.3 Å². The number of hydrogen-bond donors (Lipinski definition) is 1. The quantitative estimate of drug-likeness (QED) is 0.634. The first-order valence-corrected chi connectivity index (χ1v) is 11.6. The predicted molar refractivity (Wildman–Crippen MR) is 124 cm³/mol. The van der Waals surface area contributed by atoms with Gasteiger partial charge in [-0.05, 0) is 43.4 Å². The largest absolute Gasteiger partial charge is 0.379 e. The first-order chi connectivity index (χ1) is 14.9. The maximum Gasteiger partial charge on any atom is 0.220 e. The summed E-state index contributed by atoms with van der Waals surface area (Å²) in [6, 6.07) is 7.93. The molecule has 31 heavy (non-hydrogen) atoms. The Morgan fingerprint density at radius 2 is 1.94 bits per heavy atom. The molecule has 1 fully saturated rings. The number of benzene rings is 1. The zero-order valence-corrected chi connectivity index (χ0v) is 19.9. The molecule has 1 amide bonds. The lowest BCUT2D eigenvalue weighted by Crippen LogP contribution is -2.44. The molecule has 1 N–H and O–H groups in total. The van der Waals surface area contributed by atoms with Gasteiger partial charge in [-0.1, -0.05) is 43.6 Å². The highest BCUT2D eigenvalue weighted by Gasteiger charge is 2.25. The topological polar surface area (TPSA) is 59.4 Å². The number of amides is 1. The number of aromatic nitrogens is 2. The lowest BCUT2D eigenvalue weighted by molar-refractivity contribution is -0.121. The van der Waals surface area contributed by atoms with Crippen LogP contribution in [0.4, 0.5) is 0 Å². The van der Waals surface area contributed by atoms with Gasteiger partial charge in [-0.3, -0.25) is 14.4 Å². The minimum Gasteiger partial charge on any atom is -0.379 e. The number of nitrogens with one attached hydrogen (secondary N) is 1. The normalized spacial score (nSPS) is 15.9. The fourth-order valence-corrected chi connectivity index (χ4v) is 4.49. The molecule has 0 aliphatic carbocycles. The molecule has 1 unspecified atom stereocenters. The monoisotopic (exact) mass is 446 g/mol. The molecule has 1 aromatic heterocycles. The second-order valence-electron chi connectivity index (χ2n) is 8.72. The van der Waals surface area contributed by atoms with Crippen molar-refractivity contribution in [1.29, 1.82) is 0 Å². The maximum absolute atomic E-state index is 12.7. The second kappa shape index (κ2) is 11.1. The summed E-state index contributed by atoms with van der Waals surface area (Å²) in [5.41, 5.74) is 4.43. The number of carbonyl (C=O) groups is 1. The van der Waals surface area contributed by atoms with E-state index in [4.69, 9.17) is 16.3 Å². The summed E-state index contributed by atoms with van der Waals surface area (Å²) >= 11 is 6.49. The SMILES string of the molecule is Cc1nn(CC(C)C)c(C)c1CCC(=O)NCC(c1ccccc1Cl)N1CCOCC1. The fourth-order valence-electron chi connectivity index (χ4n) is 4.23. The molecule has 6 nitrogen and oxygen atoms in total.